The van der Waals surface area contributed by atoms with Gasteiger partial charge >= 0.3 is 5.97 Å². The molecule has 7 heteroatoms. The highest BCUT2D eigenvalue weighted by atomic mass is 35.5. The number of carboxylic acids is 1. The second kappa shape index (κ2) is 13.4. The van der Waals surface area contributed by atoms with Gasteiger partial charge < -0.3 is 10.0 Å². The summed E-state index contributed by atoms with van der Waals surface area (Å²) in [6.45, 7) is 2.13. The van der Waals surface area contributed by atoms with Crippen molar-refractivity contribution in [3.63, 3.8) is 0 Å². The fraction of sp³-hybridized carbons (Fsp3) is 0.333. The third-order valence-corrected chi connectivity index (χ3v) is 8.93. The first-order valence-corrected chi connectivity index (χ1v) is 15.2. The molecule has 1 saturated carbocycles. The maximum Gasteiger partial charge on any atom is 0.317 e. The van der Waals surface area contributed by atoms with E-state index in [2.05, 4.69) is 53.7 Å². The van der Waals surface area contributed by atoms with E-state index < -0.39 is 5.97 Å². The first-order chi connectivity index (χ1) is 19.4. The molecule has 0 atom stereocenters. The van der Waals surface area contributed by atoms with Crippen LogP contribution in [0.5, 0.6) is 0 Å². The van der Waals surface area contributed by atoms with Crippen LogP contribution in [0.3, 0.4) is 0 Å². The van der Waals surface area contributed by atoms with Crippen molar-refractivity contribution in [2.75, 3.05) is 25.0 Å². The van der Waals surface area contributed by atoms with Crippen LogP contribution < -0.4 is 4.90 Å². The minimum atomic E-state index is -0.831. The van der Waals surface area contributed by atoms with Gasteiger partial charge in [-0.25, -0.2) is 4.98 Å². The predicted octanol–water partition coefficient (Wildman–Crippen LogP) is 7.96. The quantitative estimate of drug-likeness (QED) is 0.197. The number of benzene rings is 3. The third kappa shape index (κ3) is 7.72. The summed E-state index contributed by atoms with van der Waals surface area (Å²) in [6, 6.07) is 27.0. The summed E-state index contributed by atoms with van der Waals surface area (Å²) in [4.78, 5) is 20.6. The highest BCUT2D eigenvalue weighted by Crippen LogP contribution is 2.37. The first-order valence-electron chi connectivity index (χ1n) is 13.9. The molecule has 3 aromatic carbocycles. The second-order valence-corrected chi connectivity index (χ2v) is 12.2. The monoisotopic (exact) mass is 573 g/mol. The number of rotatable bonds is 11. The third-order valence-electron chi connectivity index (χ3n) is 7.84. The molecule has 0 radical (unpaired) electrons. The average Bonchev–Trinajstić information content (AvgIpc) is 3.42. The summed E-state index contributed by atoms with van der Waals surface area (Å²) in [5.41, 5.74) is 5.74. The molecule has 0 saturated heterocycles. The molecular weight excluding hydrogens is 538 g/mol. The van der Waals surface area contributed by atoms with Crippen LogP contribution in [0.4, 0.5) is 5.69 Å². The molecule has 1 aliphatic rings. The van der Waals surface area contributed by atoms with Gasteiger partial charge in [-0.3, -0.25) is 9.69 Å². The maximum absolute atomic E-state index is 11.4. The van der Waals surface area contributed by atoms with E-state index >= 15 is 0 Å². The van der Waals surface area contributed by atoms with Crippen LogP contribution >= 0.6 is 22.9 Å². The van der Waals surface area contributed by atoms with Crippen LogP contribution in [-0.2, 0) is 17.9 Å². The molecule has 5 nitrogen and oxygen atoms in total. The lowest BCUT2D eigenvalue weighted by molar-refractivity contribution is -0.138. The van der Waals surface area contributed by atoms with Crippen molar-refractivity contribution in [1.29, 1.82) is 0 Å². The van der Waals surface area contributed by atoms with E-state index in [-0.39, 0.29) is 6.54 Å². The summed E-state index contributed by atoms with van der Waals surface area (Å²) >= 11 is 7.65. The topological polar surface area (TPSA) is 56.7 Å². The second-order valence-electron chi connectivity index (χ2n) is 10.8. The van der Waals surface area contributed by atoms with Gasteiger partial charge in [-0.05, 0) is 72.9 Å². The number of aliphatic carboxylic acids is 1. The Kier molecular flexibility index (Phi) is 9.53. The molecule has 1 aliphatic carbocycles. The van der Waals surface area contributed by atoms with E-state index in [1.54, 1.807) is 11.3 Å². The van der Waals surface area contributed by atoms with Crippen molar-refractivity contribution < 1.29 is 9.90 Å². The molecule has 4 aromatic rings. The number of halogens is 1. The Morgan fingerprint density at radius 2 is 1.65 bits per heavy atom. The summed E-state index contributed by atoms with van der Waals surface area (Å²) in [5, 5.41) is 13.2. The number of carboxylic acid groups (broad SMARTS) is 1. The molecule has 0 aliphatic heterocycles. The normalized spacial score (nSPS) is 17.2. The van der Waals surface area contributed by atoms with Gasteiger partial charge in [0.2, 0.25) is 0 Å². The number of thiazole rings is 1. The zero-order chi connectivity index (χ0) is 27.9. The average molecular weight is 574 g/mol. The zero-order valence-corrected chi connectivity index (χ0v) is 24.5. The molecule has 1 fully saturated rings. The molecule has 0 amide bonds. The van der Waals surface area contributed by atoms with Gasteiger partial charge in [0.1, 0.15) is 5.01 Å². The SMILES string of the molecule is CN(C[C@H]1CC[C@H](c2ccc(Cl)cc2)CC1)c1ccc(-c2csc(CN(CC(=O)O)Cc3ccccc3)n2)cc1. The van der Waals surface area contributed by atoms with Gasteiger partial charge in [-0.15, -0.1) is 11.3 Å². The van der Waals surface area contributed by atoms with E-state index in [4.69, 9.17) is 16.6 Å². The smallest absolute Gasteiger partial charge is 0.317 e. The molecular formula is C33H36ClN3O2S. The number of anilines is 1. The number of hydrogen-bond acceptors (Lipinski definition) is 5. The number of hydrogen-bond donors (Lipinski definition) is 1. The summed E-state index contributed by atoms with van der Waals surface area (Å²) in [6.07, 6.45) is 4.97. The summed E-state index contributed by atoms with van der Waals surface area (Å²) in [5.74, 6) is 0.525. The van der Waals surface area contributed by atoms with Crippen molar-refractivity contribution in [1.82, 2.24) is 9.88 Å². The molecule has 1 heterocycles. The van der Waals surface area contributed by atoms with Crippen molar-refractivity contribution in [2.24, 2.45) is 5.92 Å². The highest BCUT2D eigenvalue weighted by Gasteiger charge is 2.23. The van der Waals surface area contributed by atoms with E-state index in [1.165, 1.54) is 36.9 Å². The number of aromatic nitrogens is 1. The standard InChI is InChI=1S/C33H36ClN3O2S/c1-36(19-25-7-9-26(10-8-25)27-11-15-29(34)16-12-27)30-17-13-28(14-18-30)31-23-40-32(35-31)21-37(22-33(38)39)20-24-5-3-2-4-6-24/h2-6,11-18,23,25-26H,7-10,19-22H2,1H3,(H,38,39)/t25-,26-. The van der Waals surface area contributed by atoms with Crippen molar-refractivity contribution in [2.45, 2.75) is 44.7 Å². The predicted molar refractivity (Wildman–Crippen MR) is 165 cm³/mol. The van der Waals surface area contributed by atoms with Crippen molar-refractivity contribution >= 4 is 34.6 Å². The molecule has 1 aromatic heterocycles. The van der Waals surface area contributed by atoms with Gasteiger partial charge in [-0.1, -0.05) is 66.2 Å². The molecule has 0 unspecified atom stereocenters. The van der Waals surface area contributed by atoms with E-state index in [0.717, 1.165) is 33.4 Å². The van der Waals surface area contributed by atoms with Crippen molar-refractivity contribution in [3.8, 4) is 11.3 Å². The Bertz CT molecular complexity index is 1370. The van der Waals surface area contributed by atoms with E-state index in [0.29, 0.717) is 24.9 Å². The van der Waals surface area contributed by atoms with Crippen LogP contribution in [0, 0.1) is 5.92 Å². The first kappa shape index (κ1) is 28.3. The largest absolute Gasteiger partial charge is 0.480 e. The maximum atomic E-state index is 11.4. The molecule has 0 spiro atoms. The van der Waals surface area contributed by atoms with Crippen LogP contribution in [-0.4, -0.2) is 41.1 Å². The van der Waals surface area contributed by atoms with Crippen LogP contribution in [0.2, 0.25) is 5.02 Å². The summed E-state index contributed by atoms with van der Waals surface area (Å²) < 4.78 is 0. The Morgan fingerprint density at radius 1 is 0.950 bits per heavy atom. The lowest BCUT2D eigenvalue weighted by Crippen LogP contribution is -2.28. The Labute approximate surface area is 246 Å². The van der Waals surface area contributed by atoms with Crippen LogP contribution in [0.25, 0.3) is 11.3 Å². The molecule has 5 rings (SSSR count). The number of nitrogens with zero attached hydrogens (tertiary/aromatic N) is 3. The van der Waals surface area contributed by atoms with Gasteiger partial charge in [-0.2, -0.15) is 0 Å². The number of carbonyl (C=O) groups is 1. The van der Waals surface area contributed by atoms with Crippen LogP contribution in [0.1, 0.15) is 47.7 Å². The Morgan fingerprint density at radius 3 is 2.33 bits per heavy atom. The van der Waals surface area contributed by atoms with Crippen molar-refractivity contribution in [3.05, 3.63) is 105 Å². The molecule has 0 bridgehead atoms. The zero-order valence-electron chi connectivity index (χ0n) is 22.9. The molecule has 40 heavy (non-hydrogen) atoms. The minimum absolute atomic E-state index is 0.0202. The van der Waals surface area contributed by atoms with E-state index in [9.17, 15) is 9.90 Å². The van der Waals surface area contributed by atoms with E-state index in [1.807, 2.05) is 47.4 Å². The van der Waals surface area contributed by atoms with Gasteiger partial charge in [0, 0.05) is 41.8 Å². The Balaban J connectivity index is 1.15. The highest BCUT2D eigenvalue weighted by molar-refractivity contribution is 7.09. The van der Waals surface area contributed by atoms with Gasteiger partial charge in [0.05, 0.1) is 18.8 Å². The van der Waals surface area contributed by atoms with Gasteiger partial charge in [0.25, 0.3) is 0 Å². The summed E-state index contributed by atoms with van der Waals surface area (Å²) in [7, 11) is 2.19. The van der Waals surface area contributed by atoms with Crippen LogP contribution in [0.15, 0.2) is 84.2 Å². The Hall–Kier alpha value is -3.19. The lowest BCUT2D eigenvalue weighted by Gasteiger charge is -2.32. The fourth-order valence-electron chi connectivity index (χ4n) is 5.70. The lowest BCUT2D eigenvalue weighted by atomic mass is 9.78. The molecule has 1 N–H and O–H groups in total. The molecule has 208 valence electrons. The minimum Gasteiger partial charge on any atom is -0.480 e. The van der Waals surface area contributed by atoms with Gasteiger partial charge in [0.15, 0.2) is 0 Å². The fourth-order valence-corrected chi connectivity index (χ4v) is 6.67.